The topological polar surface area (TPSA) is 80.5 Å². The number of aryl methyl sites for hydroxylation is 1. The molecule has 180 valence electrons. The number of rotatable bonds is 3. The largest absolute Gasteiger partial charge is 0.281 e. The monoisotopic (exact) mass is 489 g/mol. The summed E-state index contributed by atoms with van der Waals surface area (Å²) in [6, 6.07) is 19.2. The van der Waals surface area contributed by atoms with Gasteiger partial charge in [-0.15, -0.1) is 10.2 Å². The number of carbonyl (C=O) groups excluding carboxylic acids is 2. The standard InChI is InChI=1S/C29H20FN5O2/c1-18-32-33-26-17-31-27(22-11-4-5-12-24(22)30)23-16-19(13-14-25(23)35(18)26)8-6-7-15-34-28(36)20-9-2-3-10-21(20)29(34)37/h2-5,9-14,16H,8,15,17H2,1H3. The second kappa shape index (κ2) is 8.95. The van der Waals surface area contributed by atoms with Crippen LogP contribution in [0.1, 0.15) is 49.1 Å². The third-order valence-electron chi connectivity index (χ3n) is 6.49. The zero-order valence-corrected chi connectivity index (χ0v) is 19.9. The summed E-state index contributed by atoms with van der Waals surface area (Å²) in [6.07, 6.45) is 0.384. The summed E-state index contributed by atoms with van der Waals surface area (Å²) in [5, 5.41) is 8.43. The predicted molar refractivity (Wildman–Crippen MR) is 135 cm³/mol. The maximum atomic E-state index is 14.8. The van der Waals surface area contributed by atoms with Crippen LogP contribution in [-0.2, 0) is 13.0 Å². The van der Waals surface area contributed by atoms with Crippen LogP contribution in [0.5, 0.6) is 0 Å². The Kier molecular flexibility index (Phi) is 5.46. The van der Waals surface area contributed by atoms with Gasteiger partial charge in [-0.1, -0.05) is 42.2 Å². The minimum atomic E-state index is -0.354. The van der Waals surface area contributed by atoms with E-state index in [2.05, 4.69) is 22.0 Å². The zero-order valence-electron chi connectivity index (χ0n) is 19.9. The fourth-order valence-electron chi connectivity index (χ4n) is 4.70. The lowest BCUT2D eigenvalue weighted by Gasteiger charge is -2.14. The molecule has 0 radical (unpaired) electrons. The molecule has 8 heteroatoms. The van der Waals surface area contributed by atoms with E-state index >= 15 is 0 Å². The number of amides is 2. The molecule has 2 aliphatic rings. The lowest BCUT2D eigenvalue weighted by molar-refractivity contribution is 0.0675. The highest BCUT2D eigenvalue weighted by Crippen LogP contribution is 2.28. The quantitative estimate of drug-likeness (QED) is 0.323. The van der Waals surface area contributed by atoms with E-state index in [1.54, 1.807) is 42.5 Å². The van der Waals surface area contributed by atoms with Crippen molar-refractivity contribution in [2.75, 3.05) is 6.54 Å². The maximum Gasteiger partial charge on any atom is 0.262 e. The van der Waals surface area contributed by atoms with Crippen molar-refractivity contribution in [2.45, 2.75) is 19.9 Å². The molecule has 0 saturated heterocycles. The fourth-order valence-corrected chi connectivity index (χ4v) is 4.70. The number of benzene rings is 3. The molecule has 0 atom stereocenters. The Hall–Kier alpha value is -4.90. The summed E-state index contributed by atoms with van der Waals surface area (Å²) in [7, 11) is 0. The number of imide groups is 1. The SMILES string of the molecule is Cc1nnc2n1-c1ccc(CC#CCN3C(=O)c4ccccc4C3=O)cc1C(c1ccccc1F)=NC2. The van der Waals surface area contributed by atoms with Crippen LogP contribution in [0.4, 0.5) is 4.39 Å². The highest BCUT2D eigenvalue weighted by molar-refractivity contribution is 6.21. The van der Waals surface area contributed by atoms with E-state index in [1.807, 2.05) is 29.7 Å². The first-order valence-electron chi connectivity index (χ1n) is 11.8. The third-order valence-corrected chi connectivity index (χ3v) is 6.49. The van der Waals surface area contributed by atoms with Crippen LogP contribution in [0, 0.1) is 24.6 Å². The van der Waals surface area contributed by atoms with Gasteiger partial charge < -0.3 is 0 Å². The van der Waals surface area contributed by atoms with Crippen LogP contribution in [0.2, 0.25) is 0 Å². The van der Waals surface area contributed by atoms with Crippen molar-refractivity contribution >= 4 is 17.5 Å². The molecule has 6 rings (SSSR count). The summed E-state index contributed by atoms with van der Waals surface area (Å²) in [5.41, 5.74) is 4.23. The van der Waals surface area contributed by atoms with Gasteiger partial charge in [0.25, 0.3) is 11.8 Å². The van der Waals surface area contributed by atoms with Gasteiger partial charge in [-0.05, 0) is 48.9 Å². The number of hydrogen-bond acceptors (Lipinski definition) is 5. The Morgan fingerprint density at radius 1 is 0.865 bits per heavy atom. The van der Waals surface area contributed by atoms with Gasteiger partial charge in [0.05, 0.1) is 29.1 Å². The highest BCUT2D eigenvalue weighted by Gasteiger charge is 2.34. The Morgan fingerprint density at radius 3 is 2.30 bits per heavy atom. The van der Waals surface area contributed by atoms with Gasteiger partial charge in [0.1, 0.15) is 18.2 Å². The lowest BCUT2D eigenvalue weighted by atomic mass is 9.97. The molecule has 7 nitrogen and oxygen atoms in total. The average Bonchev–Trinajstić information content (AvgIpc) is 3.33. The van der Waals surface area contributed by atoms with Gasteiger partial charge in [0, 0.05) is 17.5 Å². The lowest BCUT2D eigenvalue weighted by Crippen LogP contribution is -2.30. The molecular weight excluding hydrogens is 469 g/mol. The van der Waals surface area contributed by atoms with Crippen LogP contribution < -0.4 is 0 Å². The zero-order chi connectivity index (χ0) is 25.5. The number of aromatic nitrogens is 3. The van der Waals surface area contributed by atoms with E-state index < -0.39 is 0 Å². The summed E-state index contributed by atoms with van der Waals surface area (Å²) >= 11 is 0. The number of halogens is 1. The van der Waals surface area contributed by atoms with E-state index in [0.29, 0.717) is 34.6 Å². The van der Waals surface area contributed by atoms with E-state index in [4.69, 9.17) is 4.99 Å². The smallest absolute Gasteiger partial charge is 0.262 e. The van der Waals surface area contributed by atoms with Gasteiger partial charge in [-0.25, -0.2) is 4.39 Å². The molecule has 1 aromatic heterocycles. The fraction of sp³-hybridized carbons (Fsp3) is 0.138. The van der Waals surface area contributed by atoms with Crippen molar-refractivity contribution < 1.29 is 14.0 Å². The molecule has 0 bridgehead atoms. The Morgan fingerprint density at radius 2 is 1.57 bits per heavy atom. The first-order chi connectivity index (χ1) is 18.0. The molecular formula is C29H20FN5O2. The van der Waals surface area contributed by atoms with Gasteiger partial charge in [0.15, 0.2) is 5.82 Å². The van der Waals surface area contributed by atoms with Crippen molar-refractivity contribution in [3.63, 3.8) is 0 Å². The van der Waals surface area contributed by atoms with Gasteiger partial charge >= 0.3 is 0 Å². The third kappa shape index (κ3) is 3.81. The highest BCUT2D eigenvalue weighted by atomic mass is 19.1. The van der Waals surface area contributed by atoms with E-state index in [9.17, 15) is 14.0 Å². The van der Waals surface area contributed by atoms with Crippen molar-refractivity contribution in [1.82, 2.24) is 19.7 Å². The van der Waals surface area contributed by atoms with E-state index in [0.717, 1.165) is 27.5 Å². The maximum absolute atomic E-state index is 14.8. The molecule has 2 amide bonds. The van der Waals surface area contributed by atoms with Crippen LogP contribution in [-0.4, -0.2) is 43.7 Å². The average molecular weight is 490 g/mol. The number of fused-ring (bicyclic) bond motifs is 4. The van der Waals surface area contributed by atoms with Crippen molar-refractivity contribution in [2.24, 2.45) is 4.99 Å². The molecule has 37 heavy (non-hydrogen) atoms. The summed E-state index contributed by atoms with van der Waals surface area (Å²) in [5.74, 6) is 6.41. The summed E-state index contributed by atoms with van der Waals surface area (Å²) < 4.78 is 16.7. The number of aliphatic imine (C=N–C) groups is 1. The van der Waals surface area contributed by atoms with Crippen LogP contribution in [0.15, 0.2) is 71.7 Å². The second-order valence-corrected chi connectivity index (χ2v) is 8.77. The second-order valence-electron chi connectivity index (χ2n) is 8.77. The molecule has 3 heterocycles. The molecule has 4 aromatic rings. The summed E-state index contributed by atoms with van der Waals surface area (Å²) in [4.78, 5) is 31.0. The number of carbonyl (C=O) groups is 2. The minimum Gasteiger partial charge on any atom is -0.281 e. The van der Waals surface area contributed by atoms with E-state index in [-0.39, 0.29) is 30.7 Å². The number of nitrogens with zero attached hydrogens (tertiary/aromatic N) is 5. The predicted octanol–water partition coefficient (Wildman–Crippen LogP) is 3.91. The Labute approximate surface area is 212 Å². The molecule has 0 aliphatic carbocycles. The Balaban J connectivity index is 1.30. The minimum absolute atomic E-state index is 0.0164. The van der Waals surface area contributed by atoms with E-state index in [1.165, 1.54) is 6.07 Å². The Bertz CT molecular complexity index is 1660. The van der Waals surface area contributed by atoms with Crippen molar-refractivity contribution in [3.05, 3.63) is 112 Å². The first kappa shape index (κ1) is 22.6. The summed E-state index contributed by atoms with van der Waals surface area (Å²) in [6.45, 7) is 2.16. The molecule has 0 saturated carbocycles. The van der Waals surface area contributed by atoms with Gasteiger partial charge in [0.2, 0.25) is 0 Å². The van der Waals surface area contributed by atoms with Crippen LogP contribution >= 0.6 is 0 Å². The molecule has 0 fully saturated rings. The van der Waals surface area contributed by atoms with Crippen molar-refractivity contribution in [3.8, 4) is 17.5 Å². The van der Waals surface area contributed by atoms with Crippen molar-refractivity contribution in [1.29, 1.82) is 0 Å². The van der Waals surface area contributed by atoms with Crippen LogP contribution in [0.3, 0.4) is 0 Å². The molecule has 0 N–H and O–H groups in total. The normalized spacial score (nSPS) is 13.8. The first-order valence-corrected chi connectivity index (χ1v) is 11.8. The van der Waals surface area contributed by atoms with Crippen LogP contribution in [0.25, 0.3) is 5.69 Å². The number of hydrogen-bond donors (Lipinski definition) is 0. The van der Waals surface area contributed by atoms with Gasteiger partial charge in [-0.2, -0.15) is 0 Å². The van der Waals surface area contributed by atoms with Gasteiger partial charge in [-0.3, -0.25) is 24.0 Å². The molecule has 3 aromatic carbocycles. The molecule has 0 unspecified atom stereocenters. The molecule has 0 spiro atoms. The molecule has 2 aliphatic heterocycles.